The van der Waals surface area contributed by atoms with Gasteiger partial charge in [0.15, 0.2) is 0 Å². The highest BCUT2D eigenvalue weighted by molar-refractivity contribution is 5.81. The van der Waals surface area contributed by atoms with Crippen LogP contribution >= 0.6 is 0 Å². The predicted molar refractivity (Wildman–Crippen MR) is 72.3 cm³/mol. The summed E-state index contributed by atoms with van der Waals surface area (Å²) in [7, 11) is 0. The van der Waals surface area contributed by atoms with Gasteiger partial charge in [-0.15, -0.1) is 0 Å². The topological polar surface area (TPSA) is 75.4 Å². The fourth-order valence-corrected chi connectivity index (χ4v) is 1.74. The van der Waals surface area contributed by atoms with E-state index in [4.69, 9.17) is 10.8 Å². The van der Waals surface area contributed by atoms with Gasteiger partial charge in [-0.05, 0) is 36.5 Å². The number of nitrogens with two attached hydrogens (primary N) is 1. The highest BCUT2D eigenvalue weighted by atomic mass is 16.3. The highest BCUT2D eigenvalue weighted by Crippen LogP contribution is 2.09. The highest BCUT2D eigenvalue weighted by Gasteiger charge is 2.13. The molecule has 0 aliphatic heterocycles. The molecule has 4 N–H and O–H groups in total. The number of phenols is 1. The van der Waals surface area contributed by atoms with Gasteiger partial charge in [0.05, 0.1) is 6.04 Å². The lowest BCUT2D eigenvalue weighted by molar-refractivity contribution is -0.122. The Bertz CT molecular complexity index is 374. The van der Waals surface area contributed by atoms with E-state index >= 15 is 0 Å². The van der Waals surface area contributed by atoms with E-state index in [-0.39, 0.29) is 11.7 Å². The summed E-state index contributed by atoms with van der Waals surface area (Å²) >= 11 is 0. The quantitative estimate of drug-likeness (QED) is 0.715. The summed E-state index contributed by atoms with van der Waals surface area (Å²) in [6.45, 7) is 4.66. The van der Waals surface area contributed by atoms with Crippen molar-refractivity contribution in [3.8, 4) is 5.75 Å². The second-order valence-corrected chi connectivity index (χ2v) is 4.94. The largest absolute Gasteiger partial charge is 0.508 e. The molecule has 0 saturated carbocycles. The average molecular weight is 250 g/mol. The first-order chi connectivity index (χ1) is 8.49. The first-order valence-electron chi connectivity index (χ1n) is 6.30. The fraction of sp³-hybridized carbons (Fsp3) is 0.500. The maximum absolute atomic E-state index is 11.6. The third-order valence-corrected chi connectivity index (χ3v) is 2.71. The number of hydrogen-bond acceptors (Lipinski definition) is 3. The Morgan fingerprint density at radius 1 is 1.33 bits per heavy atom. The second kappa shape index (κ2) is 7.01. The number of benzene rings is 1. The van der Waals surface area contributed by atoms with Crippen LogP contribution in [-0.4, -0.2) is 23.6 Å². The normalized spacial score (nSPS) is 12.4. The molecule has 0 aliphatic rings. The number of carbonyl (C=O) groups excluding carboxylic acids is 1. The lowest BCUT2D eigenvalue weighted by Crippen LogP contribution is -2.42. The van der Waals surface area contributed by atoms with Crippen molar-refractivity contribution in [3.05, 3.63) is 29.8 Å². The minimum Gasteiger partial charge on any atom is -0.508 e. The van der Waals surface area contributed by atoms with Crippen molar-refractivity contribution in [3.63, 3.8) is 0 Å². The monoisotopic (exact) mass is 250 g/mol. The SMILES string of the molecule is CC(C)C[C@H](N)C(=O)NCCc1ccc(O)cc1. The molecule has 0 spiro atoms. The number of rotatable bonds is 6. The number of carbonyl (C=O) groups is 1. The molecular formula is C14H22N2O2. The van der Waals surface area contributed by atoms with Gasteiger partial charge in [-0.1, -0.05) is 26.0 Å². The van der Waals surface area contributed by atoms with Crippen LogP contribution in [0, 0.1) is 5.92 Å². The van der Waals surface area contributed by atoms with Gasteiger partial charge in [-0.2, -0.15) is 0 Å². The van der Waals surface area contributed by atoms with E-state index in [2.05, 4.69) is 5.32 Å². The first kappa shape index (κ1) is 14.5. The number of nitrogens with one attached hydrogen (secondary N) is 1. The number of aromatic hydroxyl groups is 1. The lowest BCUT2D eigenvalue weighted by atomic mass is 10.0. The van der Waals surface area contributed by atoms with E-state index < -0.39 is 6.04 Å². The van der Waals surface area contributed by atoms with Crippen molar-refractivity contribution in [2.75, 3.05) is 6.54 Å². The van der Waals surface area contributed by atoms with Gasteiger partial charge >= 0.3 is 0 Å². The van der Waals surface area contributed by atoms with Crippen molar-refractivity contribution in [1.29, 1.82) is 0 Å². The predicted octanol–water partition coefficient (Wildman–Crippen LogP) is 1.42. The zero-order valence-electron chi connectivity index (χ0n) is 11.0. The van der Waals surface area contributed by atoms with Crippen molar-refractivity contribution in [1.82, 2.24) is 5.32 Å². The number of hydrogen-bond donors (Lipinski definition) is 3. The molecule has 1 rings (SSSR count). The zero-order valence-corrected chi connectivity index (χ0v) is 11.0. The van der Waals surface area contributed by atoms with Crippen molar-refractivity contribution in [2.24, 2.45) is 11.7 Å². The molecule has 4 heteroatoms. The van der Waals surface area contributed by atoms with E-state index in [0.717, 1.165) is 12.0 Å². The van der Waals surface area contributed by atoms with E-state index in [1.807, 2.05) is 26.0 Å². The number of amides is 1. The minimum atomic E-state index is -0.426. The van der Waals surface area contributed by atoms with Gasteiger partial charge in [-0.3, -0.25) is 4.79 Å². The Kier molecular flexibility index (Phi) is 5.65. The fourth-order valence-electron chi connectivity index (χ4n) is 1.74. The van der Waals surface area contributed by atoms with Crippen molar-refractivity contribution in [2.45, 2.75) is 32.7 Å². The van der Waals surface area contributed by atoms with Crippen LogP contribution in [0.3, 0.4) is 0 Å². The molecule has 0 radical (unpaired) electrons. The maximum Gasteiger partial charge on any atom is 0.236 e. The lowest BCUT2D eigenvalue weighted by Gasteiger charge is -2.14. The minimum absolute atomic E-state index is 0.0949. The molecule has 0 aromatic heterocycles. The Hall–Kier alpha value is -1.55. The molecule has 0 heterocycles. The summed E-state index contributed by atoms with van der Waals surface area (Å²) in [6.07, 6.45) is 1.44. The van der Waals surface area contributed by atoms with E-state index in [0.29, 0.717) is 18.9 Å². The molecule has 4 nitrogen and oxygen atoms in total. The van der Waals surface area contributed by atoms with Crippen LogP contribution in [-0.2, 0) is 11.2 Å². The van der Waals surface area contributed by atoms with Crippen LogP contribution in [0.4, 0.5) is 0 Å². The van der Waals surface area contributed by atoms with Gasteiger partial charge in [-0.25, -0.2) is 0 Å². The molecule has 1 amide bonds. The van der Waals surface area contributed by atoms with Gasteiger partial charge in [0.1, 0.15) is 5.75 Å². The summed E-state index contributed by atoms with van der Waals surface area (Å²) < 4.78 is 0. The van der Waals surface area contributed by atoms with E-state index in [1.54, 1.807) is 12.1 Å². The molecule has 0 bridgehead atoms. The van der Waals surface area contributed by atoms with Crippen LogP contribution in [0.2, 0.25) is 0 Å². The zero-order chi connectivity index (χ0) is 13.5. The molecule has 1 aromatic rings. The summed E-state index contributed by atoms with van der Waals surface area (Å²) in [5.41, 5.74) is 6.85. The Labute approximate surface area is 108 Å². The van der Waals surface area contributed by atoms with Crippen molar-refractivity contribution < 1.29 is 9.90 Å². The summed E-state index contributed by atoms with van der Waals surface area (Å²) in [5, 5.41) is 12.0. The third-order valence-electron chi connectivity index (χ3n) is 2.71. The van der Waals surface area contributed by atoms with Gasteiger partial charge in [0, 0.05) is 6.54 Å². The molecule has 0 aliphatic carbocycles. The van der Waals surface area contributed by atoms with Gasteiger partial charge in [0.2, 0.25) is 5.91 Å². The van der Waals surface area contributed by atoms with Gasteiger partial charge < -0.3 is 16.2 Å². The van der Waals surface area contributed by atoms with Gasteiger partial charge in [0.25, 0.3) is 0 Å². The van der Waals surface area contributed by atoms with Crippen LogP contribution < -0.4 is 11.1 Å². The van der Waals surface area contributed by atoms with E-state index in [1.165, 1.54) is 0 Å². The molecule has 1 aromatic carbocycles. The Morgan fingerprint density at radius 3 is 2.50 bits per heavy atom. The molecule has 100 valence electrons. The first-order valence-corrected chi connectivity index (χ1v) is 6.30. The van der Waals surface area contributed by atoms with E-state index in [9.17, 15) is 4.79 Å². The van der Waals surface area contributed by atoms with Crippen LogP contribution in [0.1, 0.15) is 25.8 Å². The van der Waals surface area contributed by atoms with Crippen LogP contribution in [0.5, 0.6) is 5.75 Å². The third kappa shape index (κ3) is 5.19. The average Bonchev–Trinajstić information content (AvgIpc) is 2.30. The summed E-state index contributed by atoms with van der Waals surface area (Å²) in [5.74, 6) is 0.576. The maximum atomic E-state index is 11.6. The summed E-state index contributed by atoms with van der Waals surface area (Å²) in [6, 6.07) is 6.54. The second-order valence-electron chi connectivity index (χ2n) is 4.94. The molecule has 0 fully saturated rings. The Morgan fingerprint density at radius 2 is 1.94 bits per heavy atom. The number of phenolic OH excluding ortho intramolecular Hbond substituents is 1. The molecular weight excluding hydrogens is 228 g/mol. The standard InChI is InChI=1S/C14H22N2O2/c1-10(2)9-13(15)14(18)16-8-7-11-3-5-12(17)6-4-11/h3-6,10,13,17H,7-9,15H2,1-2H3,(H,16,18)/t13-/m0/s1. The smallest absolute Gasteiger partial charge is 0.236 e. The molecule has 1 atom stereocenters. The van der Waals surface area contributed by atoms with Crippen molar-refractivity contribution >= 4 is 5.91 Å². The molecule has 18 heavy (non-hydrogen) atoms. The molecule has 0 unspecified atom stereocenters. The summed E-state index contributed by atoms with van der Waals surface area (Å²) in [4.78, 5) is 11.6. The van der Waals surface area contributed by atoms with Crippen LogP contribution in [0.15, 0.2) is 24.3 Å². The molecule has 0 saturated heterocycles. The van der Waals surface area contributed by atoms with Crippen LogP contribution in [0.25, 0.3) is 0 Å². The Balaban J connectivity index is 2.29.